The van der Waals surface area contributed by atoms with Crippen LogP contribution in [0.25, 0.3) is 0 Å². The highest BCUT2D eigenvalue weighted by Crippen LogP contribution is 2.21. The summed E-state index contributed by atoms with van der Waals surface area (Å²) in [6.07, 6.45) is 8.21. The van der Waals surface area contributed by atoms with Gasteiger partial charge >= 0.3 is 0 Å². The number of hydrogen-bond donors (Lipinski definition) is 1. The zero-order valence-electron chi connectivity index (χ0n) is 9.55. The molecule has 0 aliphatic rings. The van der Waals surface area contributed by atoms with E-state index in [9.17, 15) is 0 Å². The largest absolute Gasteiger partial charge is 0.179 e. The van der Waals surface area contributed by atoms with Gasteiger partial charge in [0.25, 0.3) is 0 Å². The van der Waals surface area contributed by atoms with Gasteiger partial charge in [-0.3, -0.25) is 0 Å². The molecule has 0 fully saturated rings. The van der Waals surface area contributed by atoms with Gasteiger partial charge in [-0.05, 0) is 30.4 Å². The molecule has 0 saturated heterocycles. The minimum Gasteiger partial charge on any atom is -0.179 e. The molecule has 0 aliphatic carbocycles. The molecule has 0 saturated carbocycles. The van der Waals surface area contributed by atoms with Crippen molar-refractivity contribution in [2.45, 2.75) is 59.3 Å². The Bertz CT molecular complexity index is 101. The Morgan fingerprint density at radius 1 is 1.00 bits per heavy atom. The van der Waals surface area contributed by atoms with Gasteiger partial charge in [0.05, 0.1) is 0 Å². The topological polar surface area (TPSA) is 0 Å². The third-order valence-electron chi connectivity index (χ3n) is 3.11. The summed E-state index contributed by atoms with van der Waals surface area (Å²) in [6, 6.07) is 0. The fourth-order valence-electron chi connectivity index (χ4n) is 1.66. The van der Waals surface area contributed by atoms with Crippen molar-refractivity contribution in [1.82, 2.24) is 0 Å². The Morgan fingerprint density at radius 2 is 1.69 bits per heavy atom. The van der Waals surface area contributed by atoms with Crippen LogP contribution in [-0.2, 0) is 0 Å². The molecule has 1 heteroatoms. The van der Waals surface area contributed by atoms with Crippen LogP contribution >= 0.6 is 12.6 Å². The van der Waals surface area contributed by atoms with E-state index < -0.39 is 0 Å². The molecule has 0 aromatic carbocycles. The monoisotopic (exact) mass is 202 g/mol. The summed E-state index contributed by atoms with van der Waals surface area (Å²) < 4.78 is 0. The summed E-state index contributed by atoms with van der Waals surface area (Å²) in [5.41, 5.74) is 0. The Hall–Kier alpha value is 0.350. The van der Waals surface area contributed by atoms with Crippen LogP contribution in [-0.4, -0.2) is 5.75 Å². The van der Waals surface area contributed by atoms with E-state index in [1.807, 2.05) is 0 Å². The predicted molar refractivity (Wildman–Crippen MR) is 65.6 cm³/mol. The van der Waals surface area contributed by atoms with E-state index in [2.05, 4.69) is 33.4 Å². The second-order valence-corrected chi connectivity index (χ2v) is 4.68. The summed E-state index contributed by atoms with van der Waals surface area (Å²) in [4.78, 5) is 0. The van der Waals surface area contributed by atoms with Crippen LogP contribution < -0.4 is 0 Å². The SMILES string of the molecule is CCC(C)CCC(CC)CCCS. The number of hydrogen-bond acceptors (Lipinski definition) is 1. The van der Waals surface area contributed by atoms with E-state index in [-0.39, 0.29) is 0 Å². The van der Waals surface area contributed by atoms with Crippen LogP contribution in [0.5, 0.6) is 0 Å². The molecule has 0 radical (unpaired) electrons. The standard InChI is InChI=1S/C12H26S/c1-4-11(3)8-9-12(5-2)7-6-10-13/h11-13H,4-10H2,1-3H3. The van der Waals surface area contributed by atoms with Crippen molar-refractivity contribution in [2.24, 2.45) is 11.8 Å². The van der Waals surface area contributed by atoms with Gasteiger partial charge in [-0.1, -0.05) is 46.5 Å². The third-order valence-corrected chi connectivity index (χ3v) is 3.43. The highest BCUT2D eigenvalue weighted by atomic mass is 32.1. The van der Waals surface area contributed by atoms with Crippen molar-refractivity contribution >= 4 is 12.6 Å². The van der Waals surface area contributed by atoms with E-state index >= 15 is 0 Å². The van der Waals surface area contributed by atoms with E-state index in [1.54, 1.807) is 0 Å². The maximum Gasteiger partial charge on any atom is -0.00978 e. The van der Waals surface area contributed by atoms with E-state index in [1.165, 1.54) is 38.5 Å². The van der Waals surface area contributed by atoms with Gasteiger partial charge in [0.1, 0.15) is 0 Å². The van der Waals surface area contributed by atoms with Crippen molar-refractivity contribution in [3.63, 3.8) is 0 Å². The average Bonchev–Trinajstić information content (AvgIpc) is 2.17. The fraction of sp³-hybridized carbons (Fsp3) is 1.00. The molecular weight excluding hydrogens is 176 g/mol. The molecule has 0 nitrogen and oxygen atoms in total. The normalized spacial score (nSPS) is 15.7. The Labute approximate surface area is 89.9 Å². The second-order valence-electron chi connectivity index (χ2n) is 4.23. The van der Waals surface area contributed by atoms with Crippen molar-refractivity contribution in [1.29, 1.82) is 0 Å². The lowest BCUT2D eigenvalue weighted by Gasteiger charge is -2.16. The zero-order chi connectivity index (χ0) is 10.1. The van der Waals surface area contributed by atoms with Crippen molar-refractivity contribution < 1.29 is 0 Å². The molecule has 0 aromatic rings. The summed E-state index contributed by atoms with van der Waals surface area (Å²) >= 11 is 4.26. The Balaban J connectivity index is 3.46. The van der Waals surface area contributed by atoms with Gasteiger partial charge in [-0.15, -0.1) is 0 Å². The molecule has 13 heavy (non-hydrogen) atoms. The Kier molecular flexibility index (Phi) is 9.17. The van der Waals surface area contributed by atoms with Crippen LogP contribution in [0.4, 0.5) is 0 Å². The van der Waals surface area contributed by atoms with Gasteiger partial charge in [-0.2, -0.15) is 12.6 Å². The predicted octanol–water partition coefficient (Wildman–Crippen LogP) is 4.55. The molecule has 0 N–H and O–H groups in total. The first-order chi connectivity index (χ1) is 6.24. The van der Waals surface area contributed by atoms with Gasteiger partial charge in [0.2, 0.25) is 0 Å². The summed E-state index contributed by atoms with van der Waals surface area (Å²) in [5, 5.41) is 0. The molecule has 2 atom stereocenters. The van der Waals surface area contributed by atoms with Crippen LogP contribution in [0.1, 0.15) is 59.3 Å². The fourth-order valence-corrected chi connectivity index (χ4v) is 1.84. The van der Waals surface area contributed by atoms with Crippen molar-refractivity contribution in [3.8, 4) is 0 Å². The van der Waals surface area contributed by atoms with Crippen molar-refractivity contribution in [2.75, 3.05) is 5.75 Å². The highest BCUT2D eigenvalue weighted by molar-refractivity contribution is 7.80. The van der Waals surface area contributed by atoms with Gasteiger partial charge in [0.15, 0.2) is 0 Å². The molecule has 0 rings (SSSR count). The average molecular weight is 202 g/mol. The molecule has 0 amide bonds. The van der Waals surface area contributed by atoms with Crippen LogP contribution in [0.2, 0.25) is 0 Å². The first-order valence-corrected chi connectivity index (χ1v) is 6.48. The third kappa shape index (κ3) is 7.42. The van der Waals surface area contributed by atoms with Crippen LogP contribution in [0, 0.1) is 11.8 Å². The molecule has 0 spiro atoms. The zero-order valence-corrected chi connectivity index (χ0v) is 10.4. The first kappa shape index (κ1) is 13.4. The number of thiol groups is 1. The number of rotatable bonds is 8. The highest BCUT2D eigenvalue weighted by Gasteiger charge is 2.07. The molecular formula is C12H26S. The minimum absolute atomic E-state index is 0.921. The molecule has 0 bridgehead atoms. The van der Waals surface area contributed by atoms with E-state index in [0.29, 0.717) is 0 Å². The quantitative estimate of drug-likeness (QED) is 0.549. The van der Waals surface area contributed by atoms with Gasteiger partial charge in [-0.25, -0.2) is 0 Å². The van der Waals surface area contributed by atoms with Crippen LogP contribution in [0.3, 0.4) is 0 Å². The lowest BCUT2D eigenvalue weighted by Crippen LogP contribution is -2.02. The summed E-state index contributed by atoms with van der Waals surface area (Å²) in [7, 11) is 0. The van der Waals surface area contributed by atoms with E-state index in [4.69, 9.17) is 0 Å². The molecule has 2 unspecified atom stereocenters. The van der Waals surface area contributed by atoms with Crippen molar-refractivity contribution in [3.05, 3.63) is 0 Å². The smallest absolute Gasteiger partial charge is 0.00978 e. The van der Waals surface area contributed by atoms with E-state index in [0.717, 1.165) is 17.6 Å². The maximum atomic E-state index is 4.26. The molecule has 0 aliphatic heterocycles. The van der Waals surface area contributed by atoms with Gasteiger partial charge in [0, 0.05) is 0 Å². The maximum absolute atomic E-state index is 4.26. The summed E-state index contributed by atoms with van der Waals surface area (Å²) in [5.74, 6) is 2.94. The summed E-state index contributed by atoms with van der Waals surface area (Å²) in [6.45, 7) is 6.98. The Morgan fingerprint density at radius 3 is 2.15 bits per heavy atom. The second kappa shape index (κ2) is 8.93. The first-order valence-electron chi connectivity index (χ1n) is 5.85. The molecule has 0 heterocycles. The lowest BCUT2D eigenvalue weighted by molar-refractivity contribution is 0.374. The molecule has 80 valence electrons. The minimum atomic E-state index is 0.921. The molecule has 0 aromatic heterocycles. The van der Waals surface area contributed by atoms with Crippen LogP contribution in [0.15, 0.2) is 0 Å². The van der Waals surface area contributed by atoms with Gasteiger partial charge < -0.3 is 0 Å². The lowest BCUT2D eigenvalue weighted by atomic mass is 9.91.